The number of fused-ring (bicyclic) bond motifs is 1. The Balaban J connectivity index is 1.79. The molecule has 0 spiro atoms. The molecule has 3 heterocycles. The van der Waals surface area contributed by atoms with Crippen LogP contribution in [0.15, 0.2) is 30.6 Å². The normalized spacial score (nSPS) is 18.8. The first-order valence-corrected chi connectivity index (χ1v) is 9.07. The topological polar surface area (TPSA) is 54.1 Å². The van der Waals surface area contributed by atoms with Crippen molar-refractivity contribution in [3.05, 3.63) is 30.6 Å². The van der Waals surface area contributed by atoms with Crippen molar-refractivity contribution < 1.29 is 9.31 Å². The molecular formula is C19H25BN4O2. The molecule has 0 bridgehead atoms. The highest BCUT2D eigenvalue weighted by molar-refractivity contribution is 6.62. The molecule has 0 atom stereocenters. The molecule has 26 heavy (non-hydrogen) atoms. The van der Waals surface area contributed by atoms with Gasteiger partial charge in [-0.2, -0.15) is 10.2 Å². The molecule has 1 fully saturated rings. The van der Waals surface area contributed by atoms with Gasteiger partial charge in [-0.3, -0.25) is 9.36 Å². The molecule has 1 saturated heterocycles. The molecule has 1 aromatic carbocycles. The number of nitrogens with zero attached hydrogens (tertiary/aromatic N) is 4. The second-order valence-corrected chi connectivity index (χ2v) is 7.92. The molecule has 1 aliphatic heterocycles. The molecule has 3 aromatic rings. The summed E-state index contributed by atoms with van der Waals surface area (Å²) in [7, 11) is 1.58. The molecule has 1 aliphatic rings. The summed E-state index contributed by atoms with van der Waals surface area (Å²) in [5.74, 6) is 0. The van der Waals surface area contributed by atoms with Crippen LogP contribution in [0.4, 0.5) is 0 Å². The Labute approximate surface area is 154 Å². The van der Waals surface area contributed by atoms with E-state index in [4.69, 9.17) is 14.4 Å². The predicted octanol–water partition coefficient (Wildman–Crippen LogP) is 2.76. The van der Waals surface area contributed by atoms with E-state index < -0.39 is 0 Å². The highest BCUT2D eigenvalue weighted by Crippen LogP contribution is 2.37. The third-order valence-corrected chi connectivity index (χ3v) is 5.63. The van der Waals surface area contributed by atoms with E-state index in [1.54, 1.807) is 0 Å². The lowest BCUT2D eigenvalue weighted by atomic mass is 9.78. The van der Waals surface area contributed by atoms with Gasteiger partial charge in [0.15, 0.2) is 0 Å². The van der Waals surface area contributed by atoms with Crippen molar-refractivity contribution in [1.29, 1.82) is 0 Å². The van der Waals surface area contributed by atoms with Crippen LogP contribution in [-0.4, -0.2) is 37.9 Å². The van der Waals surface area contributed by atoms with Gasteiger partial charge in [0.05, 0.1) is 22.9 Å². The minimum atomic E-state index is -0.379. The highest BCUT2D eigenvalue weighted by atomic mass is 16.7. The Bertz CT molecular complexity index is 957. The van der Waals surface area contributed by atoms with Gasteiger partial charge in [-0.05, 0) is 46.1 Å². The van der Waals surface area contributed by atoms with Crippen LogP contribution in [0.1, 0.15) is 34.6 Å². The van der Waals surface area contributed by atoms with Crippen LogP contribution in [0.3, 0.4) is 0 Å². The van der Waals surface area contributed by atoms with Gasteiger partial charge in [-0.1, -0.05) is 12.1 Å². The van der Waals surface area contributed by atoms with Gasteiger partial charge in [-0.15, -0.1) is 0 Å². The van der Waals surface area contributed by atoms with Crippen LogP contribution < -0.4 is 5.46 Å². The Morgan fingerprint density at radius 1 is 1.12 bits per heavy atom. The first-order valence-electron chi connectivity index (χ1n) is 9.07. The summed E-state index contributed by atoms with van der Waals surface area (Å²) in [4.78, 5) is 0. The van der Waals surface area contributed by atoms with Crippen LogP contribution in [0, 0.1) is 0 Å². The maximum atomic E-state index is 6.21. The average Bonchev–Trinajstić information content (AvgIpc) is 3.23. The lowest BCUT2D eigenvalue weighted by molar-refractivity contribution is 0.00578. The summed E-state index contributed by atoms with van der Waals surface area (Å²) in [6.45, 7) is 11.2. The number of aryl methyl sites for hydroxylation is 2. The van der Waals surface area contributed by atoms with Crippen molar-refractivity contribution in [1.82, 2.24) is 19.6 Å². The fourth-order valence-corrected chi connectivity index (χ4v) is 3.28. The Kier molecular flexibility index (Phi) is 3.79. The third kappa shape index (κ3) is 2.58. The Morgan fingerprint density at radius 2 is 1.81 bits per heavy atom. The fourth-order valence-electron chi connectivity index (χ4n) is 3.28. The smallest absolute Gasteiger partial charge is 0.399 e. The second kappa shape index (κ2) is 5.69. The molecule has 2 aromatic heterocycles. The number of hydrogen-bond donors (Lipinski definition) is 0. The minimum Gasteiger partial charge on any atom is -0.399 e. The predicted molar refractivity (Wildman–Crippen MR) is 103 cm³/mol. The quantitative estimate of drug-likeness (QED) is 0.680. The van der Waals surface area contributed by atoms with Gasteiger partial charge in [-0.25, -0.2) is 0 Å². The van der Waals surface area contributed by atoms with Crippen LogP contribution in [-0.2, 0) is 22.9 Å². The number of rotatable bonds is 3. The van der Waals surface area contributed by atoms with Gasteiger partial charge < -0.3 is 9.31 Å². The van der Waals surface area contributed by atoms with Crippen LogP contribution in [0.25, 0.3) is 22.2 Å². The van der Waals surface area contributed by atoms with E-state index in [2.05, 4.69) is 57.9 Å². The number of hydrogen-bond acceptors (Lipinski definition) is 4. The van der Waals surface area contributed by atoms with Crippen molar-refractivity contribution in [2.24, 2.45) is 7.05 Å². The largest absolute Gasteiger partial charge is 0.494 e. The lowest BCUT2D eigenvalue weighted by Gasteiger charge is -2.32. The van der Waals surface area contributed by atoms with Gasteiger partial charge in [0, 0.05) is 30.7 Å². The Morgan fingerprint density at radius 3 is 2.42 bits per heavy atom. The molecule has 0 N–H and O–H groups in total. The molecule has 0 unspecified atom stereocenters. The standard InChI is InChI=1S/C19H25BN4O2/c1-7-24-12-13(11-21-24)17-15-10-14(8-9-16(15)23(6)22-17)20-25-18(2,3)19(4,5)26-20/h8-12H,7H2,1-6H3. The molecule has 4 rings (SSSR count). The summed E-state index contributed by atoms with van der Waals surface area (Å²) < 4.78 is 16.2. The highest BCUT2D eigenvalue weighted by Gasteiger charge is 2.51. The zero-order valence-corrected chi connectivity index (χ0v) is 16.3. The van der Waals surface area contributed by atoms with Crippen molar-refractivity contribution in [2.75, 3.05) is 0 Å². The zero-order chi connectivity index (χ0) is 18.7. The first-order chi connectivity index (χ1) is 12.2. The monoisotopic (exact) mass is 352 g/mol. The molecule has 0 aliphatic carbocycles. The van der Waals surface area contributed by atoms with Gasteiger partial charge in [0.2, 0.25) is 0 Å². The van der Waals surface area contributed by atoms with E-state index in [-0.39, 0.29) is 18.3 Å². The maximum absolute atomic E-state index is 6.21. The van der Waals surface area contributed by atoms with Gasteiger partial charge >= 0.3 is 7.12 Å². The molecule has 0 radical (unpaired) electrons. The van der Waals surface area contributed by atoms with Crippen molar-refractivity contribution in [3.63, 3.8) is 0 Å². The van der Waals surface area contributed by atoms with Crippen LogP contribution in [0.2, 0.25) is 0 Å². The average molecular weight is 352 g/mol. The minimum absolute atomic E-state index is 0.355. The van der Waals surface area contributed by atoms with Crippen LogP contribution in [0.5, 0.6) is 0 Å². The van der Waals surface area contributed by atoms with Gasteiger partial charge in [0.25, 0.3) is 0 Å². The van der Waals surface area contributed by atoms with E-state index in [1.165, 1.54) is 0 Å². The molecule has 0 saturated carbocycles. The van der Waals surface area contributed by atoms with E-state index >= 15 is 0 Å². The summed E-state index contributed by atoms with van der Waals surface area (Å²) in [6, 6.07) is 6.27. The number of aromatic nitrogens is 4. The van der Waals surface area contributed by atoms with E-state index in [1.807, 2.05) is 28.8 Å². The van der Waals surface area contributed by atoms with E-state index in [9.17, 15) is 0 Å². The second-order valence-electron chi connectivity index (χ2n) is 7.92. The van der Waals surface area contributed by atoms with E-state index in [0.29, 0.717) is 0 Å². The van der Waals surface area contributed by atoms with Crippen LogP contribution >= 0.6 is 0 Å². The molecule has 0 amide bonds. The van der Waals surface area contributed by atoms with Crippen molar-refractivity contribution in [2.45, 2.75) is 52.4 Å². The SMILES string of the molecule is CCn1cc(-c2nn(C)c3ccc(B4OC(C)(C)C(C)(C)O4)cc23)cn1. The van der Waals surface area contributed by atoms with Crippen molar-refractivity contribution >= 4 is 23.5 Å². The lowest BCUT2D eigenvalue weighted by Crippen LogP contribution is -2.41. The maximum Gasteiger partial charge on any atom is 0.494 e. The molecule has 6 nitrogen and oxygen atoms in total. The third-order valence-electron chi connectivity index (χ3n) is 5.63. The first kappa shape index (κ1) is 17.3. The molecule has 7 heteroatoms. The molecular weight excluding hydrogens is 327 g/mol. The van der Waals surface area contributed by atoms with Gasteiger partial charge in [0.1, 0.15) is 5.69 Å². The zero-order valence-electron chi connectivity index (χ0n) is 16.3. The summed E-state index contributed by atoms with van der Waals surface area (Å²) in [6.07, 6.45) is 3.90. The van der Waals surface area contributed by atoms with E-state index in [0.717, 1.165) is 34.2 Å². The molecule has 136 valence electrons. The number of benzene rings is 1. The summed E-state index contributed by atoms with van der Waals surface area (Å²) in [5, 5.41) is 10.2. The summed E-state index contributed by atoms with van der Waals surface area (Å²) in [5.41, 5.74) is 3.32. The summed E-state index contributed by atoms with van der Waals surface area (Å²) >= 11 is 0. The van der Waals surface area contributed by atoms with Crippen molar-refractivity contribution in [3.8, 4) is 11.3 Å². The fraction of sp³-hybridized carbons (Fsp3) is 0.474. The Hall–Kier alpha value is -2.12.